The predicted molar refractivity (Wildman–Crippen MR) is 62.1 cm³/mol. The Bertz CT molecular complexity index is 387. The quantitative estimate of drug-likeness (QED) is 0.821. The van der Waals surface area contributed by atoms with Crippen LogP contribution in [0.5, 0.6) is 0 Å². The van der Waals surface area contributed by atoms with Gasteiger partial charge in [0.05, 0.1) is 12.8 Å². The minimum atomic E-state index is -0.427. The highest BCUT2D eigenvalue weighted by Gasteiger charge is 2.24. The minimum Gasteiger partial charge on any atom is -0.396 e. The van der Waals surface area contributed by atoms with E-state index in [2.05, 4.69) is 4.98 Å². The lowest BCUT2D eigenvalue weighted by Gasteiger charge is -2.20. The summed E-state index contributed by atoms with van der Waals surface area (Å²) in [6.07, 6.45) is 2.96. The summed E-state index contributed by atoms with van der Waals surface area (Å²) in [6.45, 7) is 1.64. The zero-order chi connectivity index (χ0) is 12.3. The van der Waals surface area contributed by atoms with Crippen LogP contribution in [0, 0.1) is 11.7 Å². The van der Waals surface area contributed by atoms with Gasteiger partial charge in [-0.2, -0.15) is 0 Å². The maximum Gasteiger partial charge on any atom is 0.142 e. The third-order valence-electron chi connectivity index (χ3n) is 3.20. The smallest absolute Gasteiger partial charge is 0.142 e. The molecule has 1 unspecified atom stereocenters. The van der Waals surface area contributed by atoms with Gasteiger partial charge in [0.15, 0.2) is 0 Å². The summed E-state index contributed by atoms with van der Waals surface area (Å²) in [5.74, 6) is 0.691. The first-order valence-corrected chi connectivity index (χ1v) is 5.85. The van der Waals surface area contributed by atoms with Gasteiger partial charge in [0.25, 0.3) is 0 Å². The number of aliphatic hydroxyl groups excluding tert-OH is 2. The Morgan fingerprint density at radius 3 is 3.00 bits per heavy atom. The minimum absolute atomic E-state index is 0.197. The van der Waals surface area contributed by atoms with Crippen LogP contribution in [0.15, 0.2) is 12.3 Å². The van der Waals surface area contributed by atoms with E-state index in [0.29, 0.717) is 17.3 Å². The first-order chi connectivity index (χ1) is 8.24. The van der Waals surface area contributed by atoms with E-state index in [4.69, 9.17) is 5.11 Å². The normalized spacial score (nSPS) is 19.9. The number of nitrogens with zero attached hydrogens (tertiary/aromatic N) is 2. The zero-order valence-corrected chi connectivity index (χ0v) is 9.64. The molecule has 1 aromatic heterocycles. The molecule has 1 aliphatic rings. The molecule has 2 N–H and O–H groups in total. The summed E-state index contributed by atoms with van der Waals surface area (Å²) in [7, 11) is 0. The van der Waals surface area contributed by atoms with E-state index in [1.807, 2.05) is 4.90 Å². The lowest BCUT2D eigenvalue weighted by molar-refractivity contribution is 0.263. The molecule has 0 saturated carbocycles. The van der Waals surface area contributed by atoms with E-state index in [-0.39, 0.29) is 13.2 Å². The van der Waals surface area contributed by atoms with Gasteiger partial charge in [-0.15, -0.1) is 0 Å². The van der Waals surface area contributed by atoms with E-state index in [1.165, 1.54) is 12.3 Å². The maximum absolute atomic E-state index is 13.0. The average Bonchev–Trinajstić information content (AvgIpc) is 2.78. The van der Waals surface area contributed by atoms with E-state index >= 15 is 0 Å². The van der Waals surface area contributed by atoms with Gasteiger partial charge < -0.3 is 15.1 Å². The van der Waals surface area contributed by atoms with Crippen molar-refractivity contribution < 1.29 is 14.6 Å². The molecule has 0 spiro atoms. The number of halogens is 1. The van der Waals surface area contributed by atoms with Crippen molar-refractivity contribution in [2.45, 2.75) is 19.4 Å². The van der Waals surface area contributed by atoms with E-state index in [0.717, 1.165) is 25.9 Å². The summed E-state index contributed by atoms with van der Waals surface area (Å²) >= 11 is 0. The number of hydrogen-bond donors (Lipinski definition) is 2. The Kier molecular flexibility index (Phi) is 3.91. The summed E-state index contributed by atoms with van der Waals surface area (Å²) in [5, 5.41) is 18.1. The van der Waals surface area contributed by atoms with Crippen molar-refractivity contribution >= 4 is 5.82 Å². The Labute approximate surface area is 99.7 Å². The molecular formula is C12H17FN2O2. The third kappa shape index (κ3) is 2.73. The van der Waals surface area contributed by atoms with E-state index in [1.54, 1.807) is 0 Å². The second-order valence-electron chi connectivity index (χ2n) is 4.41. The van der Waals surface area contributed by atoms with Crippen molar-refractivity contribution in [3.05, 3.63) is 23.6 Å². The van der Waals surface area contributed by atoms with Crippen molar-refractivity contribution in [3.8, 4) is 0 Å². The van der Waals surface area contributed by atoms with Gasteiger partial charge in [-0.05, 0) is 24.8 Å². The van der Waals surface area contributed by atoms with Gasteiger partial charge in [-0.25, -0.2) is 9.37 Å². The second kappa shape index (κ2) is 5.42. The van der Waals surface area contributed by atoms with Crippen molar-refractivity contribution in [3.63, 3.8) is 0 Å². The number of hydrogen-bond acceptors (Lipinski definition) is 4. The Morgan fingerprint density at radius 1 is 1.47 bits per heavy atom. The fourth-order valence-corrected chi connectivity index (χ4v) is 2.32. The number of aliphatic hydroxyl groups is 2. The van der Waals surface area contributed by atoms with Gasteiger partial charge in [-0.1, -0.05) is 0 Å². The molecule has 1 saturated heterocycles. The Hall–Kier alpha value is -1.20. The fourth-order valence-electron chi connectivity index (χ4n) is 2.32. The summed E-state index contributed by atoms with van der Waals surface area (Å²) in [6, 6.07) is 1.32. The van der Waals surface area contributed by atoms with Gasteiger partial charge in [-0.3, -0.25) is 0 Å². The molecule has 17 heavy (non-hydrogen) atoms. The molecule has 0 aromatic carbocycles. The lowest BCUT2D eigenvalue weighted by atomic mass is 10.1. The molecule has 1 fully saturated rings. The molecule has 2 heterocycles. The van der Waals surface area contributed by atoms with Gasteiger partial charge in [0.2, 0.25) is 0 Å². The van der Waals surface area contributed by atoms with E-state index in [9.17, 15) is 9.50 Å². The lowest BCUT2D eigenvalue weighted by Crippen LogP contribution is -2.22. The van der Waals surface area contributed by atoms with Crippen LogP contribution < -0.4 is 4.90 Å². The average molecular weight is 240 g/mol. The fraction of sp³-hybridized carbons (Fsp3) is 0.583. The third-order valence-corrected chi connectivity index (χ3v) is 3.20. The molecule has 1 aliphatic heterocycles. The molecule has 2 rings (SSSR count). The van der Waals surface area contributed by atoms with Crippen LogP contribution in [0.3, 0.4) is 0 Å². The largest absolute Gasteiger partial charge is 0.396 e. The first kappa shape index (κ1) is 12.3. The van der Waals surface area contributed by atoms with Crippen LogP contribution in [0.2, 0.25) is 0 Å². The molecular weight excluding hydrogens is 223 g/mol. The first-order valence-electron chi connectivity index (χ1n) is 5.85. The summed E-state index contributed by atoms with van der Waals surface area (Å²) in [4.78, 5) is 6.10. The van der Waals surface area contributed by atoms with Crippen molar-refractivity contribution in [1.29, 1.82) is 0 Å². The molecule has 0 amide bonds. The maximum atomic E-state index is 13.0. The molecule has 0 aliphatic carbocycles. The van der Waals surface area contributed by atoms with Crippen molar-refractivity contribution in [1.82, 2.24) is 4.98 Å². The molecule has 94 valence electrons. The highest BCUT2D eigenvalue weighted by Crippen LogP contribution is 2.27. The van der Waals surface area contributed by atoms with Crippen molar-refractivity contribution in [2.24, 2.45) is 5.92 Å². The summed E-state index contributed by atoms with van der Waals surface area (Å²) < 4.78 is 13.0. The predicted octanol–water partition coefficient (Wildman–Crippen LogP) is 0.922. The number of rotatable bonds is 4. The molecule has 1 aromatic rings. The number of pyridine rings is 1. The van der Waals surface area contributed by atoms with Crippen LogP contribution in [-0.2, 0) is 6.61 Å². The Balaban J connectivity index is 2.12. The van der Waals surface area contributed by atoms with Gasteiger partial charge >= 0.3 is 0 Å². The monoisotopic (exact) mass is 240 g/mol. The number of aromatic nitrogens is 1. The highest BCUT2D eigenvalue weighted by molar-refractivity contribution is 5.47. The van der Waals surface area contributed by atoms with Crippen molar-refractivity contribution in [2.75, 3.05) is 24.6 Å². The topological polar surface area (TPSA) is 56.6 Å². The molecule has 1 atom stereocenters. The van der Waals surface area contributed by atoms with Crippen LogP contribution >= 0.6 is 0 Å². The second-order valence-corrected chi connectivity index (χ2v) is 4.41. The summed E-state index contributed by atoms with van der Waals surface area (Å²) in [5.41, 5.74) is 0.523. The molecule has 4 nitrogen and oxygen atoms in total. The SMILES string of the molecule is OCCC1CCN(c2ncc(F)cc2CO)C1. The Morgan fingerprint density at radius 2 is 2.29 bits per heavy atom. The standard InChI is InChI=1S/C12H17FN2O2/c13-11-5-10(8-17)12(14-6-11)15-3-1-9(7-15)2-4-16/h5-6,9,16-17H,1-4,7-8H2. The molecule has 5 heteroatoms. The van der Waals surface area contributed by atoms with Crippen LogP contribution in [0.4, 0.5) is 10.2 Å². The van der Waals surface area contributed by atoms with E-state index < -0.39 is 5.82 Å². The van der Waals surface area contributed by atoms with Crippen LogP contribution in [0.25, 0.3) is 0 Å². The van der Waals surface area contributed by atoms with Crippen LogP contribution in [0.1, 0.15) is 18.4 Å². The van der Waals surface area contributed by atoms with Crippen LogP contribution in [-0.4, -0.2) is 34.9 Å². The van der Waals surface area contributed by atoms with Gasteiger partial charge in [0, 0.05) is 25.3 Å². The zero-order valence-electron chi connectivity index (χ0n) is 9.64. The highest BCUT2D eigenvalue weighted by atomic mass is 19.1. The molecule has 0 radical (unpaired) electrons. The number of anilines is 1. The van der Waals surface area contributed by atoms with Gasteiger partial charge in [0.1, 0.15) is 11.6 Å². The molecule has 0 bridgehead atoms.